The summed E-state index contributed by atoms with van der Waals surface area (Å²) in [6, 6.07) is 0. The average Bonchev–Trinajstić information content (AvgIpc) is 3.24. The van der Waals surface area contributed by atoms with Crippen LogP contribution in [0.2, 0.25) is 0 Å². The number of hydrogen-bond donors (Lipinski definition) is 1. The highest BCUT2D eigenvalue weighted by Crippen LogP contribution is 2.26. The maximum Gasteiger partial charge on any atom is 0.335 e. The van der Waals surface area contributed by atoms with E-state index in [-0.39, 0.29) is 6.10 Å². The minimum absolute atomic E-state index is 0.0418. The molecule has 21 heavy (non-hydrogen) atoms. The Kier molecular flexibility index (Phi) is 10.2. The first-order valence-electron chi connectivity index (χ1n) is 8.79. The summed E-state index contributed by atoms with van der Waals surface area (Å²) in [6.45, 7) is 2.26. The molecule has 2 atom stereocenters. The number of carboxylic acid groups (broad SMARTS) is 1. The lowest BCUT2D eigenvalue weighted by atomic mass is 10.1. The third-order valence-corrected chi connectivity index (χ3v) is 4.08. The molecular formula is C18H32O3. The van der Waals surface area contributed by atoms with Crippen molar-refractivity contribution in [2.75, 3.05) is 0 Å². The SMILES string of the molecule is CCCCCCCCCCCC=CCCC1OC1C(=O)O. The van der Waals surface area contributed by atoms with E-state index in [1.807, 2.05) is 0 Å². The fraction of sp³-hybridized carbons (Fsp3) is 0.833. The zero-order chi connectivity index (χ0) is 15.3. The summed E-state index contributed by atoms with van der Waals surface area (Å²) in [5.41, 5.74) is 0. The fourth-order valence-corrected chi connectivity index (χ4v) is 2.65. The smallest absolute Gasteiger partial charge is 0.335 e. The number of rotatable bonds is 14. The van der Waals surface area contributed by atoms with Crippen molar-refractivity contribution in [2.45, 2.75) is 96.2 Å². The lowest BCUT2D eigenvalue weighted by Crippen LogP contribution is -2.07. The van der Waals surface area contributed by atoms with E-state index in [0.29, 0.717) is 0 Å². The maximum atomic E-state index is 10.6. The fourth-order valence-electron chi connectivity index (χ4n) is 2.65. The molecule has 0 amide bonds. The van der Waals surface area contributed by atoms with Gasteiger partial charge in [0.25, 0.3) is 0 Å². The monoisotopic (exact) mass is 296 g/mol. The van der Waals surface area contributed by atoms with Crippen LogP contribution in [-0.2, 0) is 9.53 Å². The molecule has 0 aliphatic carbocycles. The third-order valence-electron chi connectivity index (χ3n) is 4.08. The van der Waals surface area contributed by atoms with Gasteiger partial charge in [0.2, 0.25) is 0 Å². The molecule has 0 bridgehead atoms. The highest BCUT2D eigenvalue weighted by Gasteiger charge is 2.44. The van der Waals surface area contributed by atoms with Crippen LogP contribution in [0.4, 0.5) is 0 Å². The molecular weight excluding hydrogens is 264 g/mol. The molecule has 0 radical (unpaired) electrons. The molecule has 0 spiro atoms. The Morgan fingerprint density at radius 1 is 0.952 bits per heavy atom. The zero-order valence-electron chi connectivity index (χ0n) is 13.6. The number of allylic oxidation sites excluding steroid dienone is 2. The molecule has 0 aromatic heterocycles. The predicted molar refractivity (Wildman–Crippen MR) is 86.5 cm³/mol. The van der Waals surface area contributed by atoms with Gasteiger partial charge in [0.15, 0.2) is 6.10 Å². The van der Waals surface area contributed by atoms with Gasteiger partial charge in [-0.2, -0.15) is 0 Å². The first-order valence-corrected chi connectivity index (χ1v) is 8.79. The molecule has 0 saturated carbocycles. The quantitative estimate of drug-likeness (QED) is 0.276. The topological polar surface area (TPSA) is 49.8 Å². The molecule has 1 heterocycles. The largest absolute Gasteiger partial charge is 0.479 e. The molecule has 3 heteroatoms. The zero-order valence-corrected chi connectivity index (χ0v) is 13.6. The van der Waals surface area contributed by atoms with Crippen LogP contribution in [0, 0.1) is 0 Å². The van der Waals surface area contributed by atoms with E-state index in [2.05, 4.69) is 19.1 Å². The Labute approximate surface area is 129 Å². The van der Waals surface area contributed by atoms with Crippen molar-refractivity contribution < 1.29 is 14.6 Å². The second-order valence-corrected chi connectivity index (χ2v) is 6.10. The number of hydrogen-bond acceptors (Lipinski definition) is 2. The van der Waals surface area contributed by atoms with E-state index in [9.17, 15) is 4.79 Å². The van der Waals surface area contributed by atoms with E-state index < -0.39 is 12.1 Å². The van der Waals surface area contributed by atoms with Gasteiger partial charge in [0, 0.05) is 0 Å². The Bertz CT molecular complexity index is 299. The van der Waals surface area contributed by atoms with Crippen LogP contribution >= 0.6 is 0 Å². The summed E-state index contributed by atoms with van der Waals surface area (Å²) in [4.78, 5) is 10.6. The molecule has 1 N–H and O–H groups in total. The summed E-state index contributed by atoms with van der Waals surface area (Å²) >= 11 is 0. The average molecular weight is 296 g/mol. The number of ether oxygens (including phenoxy) is 1. The summed E-state index contributed by atoms with van der Waals surface area (Å²) in [5.74, 6) is -0.821. The molecule has 0 aromatic carbocycles. The second kappa shape index (κ2) is 11.8. The van der Waals surface area contributed by atoms with Crippen LogP contribution < -0.4 is 0 Å². The van der Waals surface area contributed by atoms with Gasteiger partial charge >= 0.3 is 5.97 Å². The third kappa shape index (κ3) is 9.67. The molecule has 1 aliphatic rings. The highest BCUT2D eigenvalue weighted by molar-refractivity contribution is 5.75. The van der Waals surface area contributed by atoms with Crippen LogP contribution in [0.3, 0.4) is 0 Å². The van der Waals surface area contributed by atoms with Crippen LogP contribution in [0.5, 0.6) is 0 Å². The number of unbranched alkanes of at least 4 members (excludes halogenated alkanes) is 9. The van der Waals surface area contributed by atoms with Crippen molar-refractivity contribution in [1.29, 1.82) is 0 Å². The second-order valence-electron chi connectivity index (χ2n) is 6.10. The van der Waals surface area contributed by atoms with Crippen molar-refractivity contribution in [1.82, 2.24) is 0 Å². The minimum atomic E-state index is -0.821. The Morgan fingerprint density at radius 2 is 1.52 bits per heavy atom. The molecule has 1 aliphatic heterocycles. The standard InChI is InChI=1S/C18H32O3/c1-2-3-4-5-6-7-8-9-10-11-12-13-14-15-16-17(21-16)18(19)20/h12-13,16-17H,2-11,14-15H2,1H3,(H,19,20). The Hall–Kier alpha value is -0.830. The summed E-state index contributed by atoms with van der Waals surface area (Å²) in [5, 5.41) is 8.68. The summed E-state index contributed by atoms with van der Waals surface area (Å²) in [6.07, 6.45) is 19.1. The van der Waals surface area contributed by atoms with E-state index in [1.165, 1.54) is 57.8 Å². The highest BCUT2D eigenvalue weighted by atomic mass is 16.6. The molecule has 2 unspecified atom stereocenters. The van der Waals surface area contributed by atoms with Gasteiger partial charge in [0.1, 0.15) is 0 Å². The summed E-state index contributed by atoms with van der Waals surface area (Å²) < 4.78 is 5.05. The van der Waals surface area contributed by atoms with Gasteiger partial charge in [-0.1, -0.05) is 70.4 Å². The number of aliphatic carboxylic acids is 1. The lowest BCUT2D eigenvalue weighted by molar-refractivity contribution is -0.138. The van der Waals surface area contributed by atoms with Crippen LogP contribution in [0.15, 0.2) is 12.2 Å². The number of epoxide rings is 1. The van der Waals surface area contributed by atoms with Crippen molar-refractivity contribution in [3.63, 3.8) is 0 Å². The van der Waals surface area contributed by atoms with Crippen LogP contribution in [0.25, 0.3) is 0 Å². The van der Waals surface area contributed by atoms with E-state index in [1.54, 1.807) is 0 Å². The van der Waals surface area contributed by atoms with Crippen molar-refractivity contribution in [3.8, 4) is 0 Å². The Morgan fingerprint density at radius 3 is 2.10 bits per heavy atom. The van der Waals surface area contributed by atoms with Gasteiger partial charge < -0.3 is 9.84 Å². The van der Waals surface area contributed by atoms with Crippen molar-refractivity contribution in [2.24, 2.45) is 0 Å². The van der Waals surface area contributed by atoms with E-state index in [4.69, 9.17) is 9.84 Å². The normalized spacial score (nSPS) is 21.0. The number of carboxylic acids is 1. The number of carbonyl (C=O) groups is 1. The predicted octanol–water partition coefficient (Wildman–Crippen LogP) is 5.10. The molecule has 1 rings (SSSR count). The Balaban J connectivity index is 1.76. The van der Waals surface area contributed by atoms with Gasteiger partial charge in [0.05, 0.1) is 6.10 Å². The molecule has 0 aromatic rings. The van der Waals surface area contributed by atoms with Crippen molar-refractivity contribution >= 4 is 5.97 Å². The molecule has 3 nitrogen and oxygen atoms in total. The molecule has 1 saturated heterocycles. The van der Waals surface area contributed by atoms with E-state index in [0.717, 1.165) is 19.3 Å². The maximum absolute atomic E-state index is 10.6. The molecule has 1 fully saturated rings. The molecule has 122 valence electrons. The van der Waals surface area contributed by atoms with Gasteiger partial charge in [-0.05, 0) is 25.7 Å². The minimum Gasteiger partial charge on any atom is -0.479 e. The van der Waals surface area contributed by atoms with Crippen LogP contribution in [-0.4, -0.2) is 23.3 Å². The first-order chi connectivity index (χ1) is 10.3. The van der Waals surface area contributed by atoms with Gasteiger partial charge in [-0.15, -0.1) is 0 Å². The van der Waals surface area contributed by atoms with Gasteiger partial charge in [-0.25, -0.2) is 4.79 Å². The summed E-state index contributed by atoms with van der Waals surface area (Å²) in [7, 11) is 0. The van der Waals surface area contributed by atoms with Gasteiger partial charge in [-0.3, -0.25) is 0 Å². The van der Waals surface area contributed by atoms with Crippen molar-refractivity contribution in [3.05, 3.63) is 12.2 Å². The first kappa shape index (κ1) is 18.2. The van der Waals surface area contributed by atoms with E-state index >= 15 is 0 Å². The lowest BCUT2D eigenvalue weighted by Gasteiger charge is -2.00. The van der Waals surface area contributed by atoms with Crippen LogP contribution in [0.1, 0.15) is 84.0 Å².